The molecule has 1 unspecified atom stereocenters. The molecule has 0 heterocycles. The van der Waals surface area contributed by atoms with Crippen molar-refractivity contribution in [3.05, 3.63) is 24.9 Å². The Morgan fingerprint density at radius 3 is 2.22 bits per heavy atom. The van der Waals surface area contributed by atoms with Crippen LogP contribution in [0.2, 0.25) is 0 Å². The average Bonchev–Trinajstić information content (AvgIpc) is 2.57. The minimum Gasteiger partial charge on any atom is -0.501 e. The SMILES string of the molecule is C/C=C/OOCCOCC(COCC)OCCOO/C=C\OC. The van der Waals surface area contributed by atoms with Crippen LogP contribution in [0.15, 0.2) is 24.9 Å². The Bertz CT molecular complexity index is 283. The van der Waals surface area contributed by atoms with Crippen molar-refractivity contribution in [2.24, 2.45) is 0 Å². The molecule has 0 aliphatic rings. The van der Waals surface area contributed by atoms with E-state index in [4.69, 9.17) is 33.8 Å². The van der Waals surface area contributed by atoms with Crippen molar-refractivity contribution in [1.29, 1.82) is 0 Å². The number of rotatable bonds is 17. The van der Waals surface area contributed by atoms with Gasteiger partial charge in [-0.25, -0.2) is 0 Å². The van der Waals surface area contributed by atoms with Crippen molar-refractivity contribution >= 4 is 0 Å². The van der Waals surface area contributed by atoms with Crippen molar-refractivity contribution in [2.45, 2.75) is 20.0 Å². The van der Waals surface area contributed by atoms with Crippen LogP contribution in [-0.2, 0) is 38.5 Å². The standard InChI is InChI=1S/C15H28O8/c1-4-6-20-22-11-8-18-14-15(13-17-5-2)19-9-12-23-21-10-7-16-3/h4,6-7,10,15H,5,8-9,11-14H2,1-3H3/b6-4+,10-7-. The molecular weight excluding hydrogens is 308 g/mol. The van der Waals surface area contributed by atoms with Crippen LogP contribution in [0.1, 0.15) is 13.8 Å². The number of methoxy groups -OCH3 is 1. The van der Waals surface area contributed by atoms with E-state index in [9.17, 15) is 0 Å². The Morgan fingerprint density at radius 1 is 0.826 bits per heavy atom. The molecule has 0 aromatic carbocycles. The summed E-state index contributed by atoms with van der Waals surface area (Å²) >= 11 is 0. The molecule has 0 spiro atoms. The second kappa shape index (κ2) is 18.7. The first kappa shape index (κ1) is 21.7. The molecule has 8 nitrogen and oxygen atoms in total. The molecule has 0 aliphatic carbocycles. The molecule has 0 fully saturated rings. The molecule has 0 radical (unpaired) electrons. The third kappa shape index (κ3) is 16.9. The summed E-state index contributed by atoms with van der Waals surface area (Å²) in [7, 11) is 1.51. The highest BCUT2D eigenvalue weighted by Gasteiger charge is 2.10. The fraction of sp³-hybridized carbons (Fsp3) is 0.733. The van der Waals surface area contributed by atoms with E-state index >= 15 is 0 Å². The smallest absolute Gasteiger partial charge is 0.163 e. The molecule has 0 aromatic rings. The second-order valence-electron chi connectivity index (χ2n) is 4.04. The second-order valence-corrected chi connectivity index (χ2v) is 4.04. The number of ether oxygens (including phenoxy) is 4. The van der Waals surface area contributed by atoms with Crippen molar-refractivity contribution in [3.63, 3.8) is 0 Å². The van der Waals surface area contributed by atoms with Crippen molar-refractivity contribution in [1.82, 2.24) is 0 Å². The summed E-state index contributed by atoms with van der Waals surface area (Å²) in [6, 6.07) is 0. The predicted octanol–water partition coefficient (Wildman–Crippen LogP) is 1.97. The summed E-state index contributed by atoms with van der Waals surface area (Å²) in [6.45, 7) is 6.54. The van der Waals surface area contributed by atoms with E-state index in [1.165, 1.54) is 25.9 Å². The van der Waals surface area contributed by atoms with Gasteiger partial charge in [0.15, 0.2) is 6.26 Å². The lowest BCUT2D eigenvalue weighted by Crippen LogP contribution is -2.28. The number of hydrogen-bond acceptors (Lipinski definition) is 8. The van der Waals surface area contributed by atoms with E-state index in [-0.39, 0.29) is 12.7 Å². The summed E-state index contributed by atoms with van der Waals surface area (Å²) in [6.07, 6.45) is 5.63. The van der Waals surface area contributed by atoms with Crippen molar-refractivity contribution < 1.29 is 38.5 Å². The molecule has 0 N–H and O–H groups in total. The zero-order chi connectivity index (χ0) is 17.0. The largest absolute Gasteiger partial charge is 0.501 e. The van der Waals surface area contributed by atoms with Crippen LogP contribution in [0, 0.1) is 0 Å². The molecule has 1 atom stereocenters. The Balaban J connectivity index is 3.65. The lowest BCUT2D eigenvalue weighted by atomic mass is 10.4. The summed E-state index contributed by atoms with van der Waals surface area (Å²) in [5, 5.41) is 0. The van der Waals surface area contributed by atoms with E-state index in [0.717, 1.165) is 0 Å². The van der Waals surface area contributed by atoms with E-state index in [1.807, 2.05) is 13.8 Å². The average molecular weight is 336 g/mol. The van der Waals surface area contributed by atoms with Gasteiger partial charge in [0, 0.05) is 6.61 Å². The van der Waals surface area contributed by atoms with Gasteiger partial charge in [-0.3, -0.25) is 0 Å². The first-order chi connectivity index (χ1) is 11.3. The van der Waals surface area contributed by atoms with Gasteiger partial charge >= 0.3 is 0 Å². The highest BCUT2D eigenvalue weighted by molar-refractivity contribution is 4.62. The Morgan fingerprint density at radius 2 is 1.52 bits per heavy atom. The first-order valence-corrected chi connectivity index (χ1v) is 7.47. The minimum atomic E-state index is -0.190. The maximum atomic E-state index is 5.60. The lowest BCUT2D eigenvalue weighted by Gasteiger charge is -2.17. The normalized spacial score (nSPS) is 12.8. The summed E-state index contributed by atoms with van der Waals surface area (Å²) < 4.78 is 21.0. The van der Waals surface area contributed by atoms with Gasteiger partial charge in [-0.1, -0.05) is 0 Å². The van der Waals surface area contributed by atoms with Crippen molar-refractivity contribution in [3.8, 4) is 0 Å². The molecular formula is C15H28O8. The fourth-order valence-electron chi connectivity index (χ4n) is 1.26. The van der Waals surface area contributed by atoms with Crippen LogP contribution >= 0.6 is 0 Å². The minimum absolute atomic E-state index is 0.190. The maximum absolute atomic E-state index is 5.60. The Kier molecular flexibility index (Phi) is 17.7. The van der Waals surface area contributed by atoms with Gasteiger partial charge in [0.05, 0.1) is 33.5 Å². The highest BCUT2D eigenvalue weighted by atomic mass is 17.2. The number of hydrogen-bond donors (Lipinski definition) is 0. The zero-order valence-electron chi connectivity index (χ0n) is 14.1. The quantitative estimate of drug-likeness (QED) is 0.173. The number of allylic oxidation sites excluding steroid dienone is 1. The van der Waals surface area contributed by atoms with Gasteiger partial charge in [0.2, 0.25) is 0 Å². The summed E-state index contributed by atoms with van der Waals surface area (Å²) in [5.74, 6) is 0. The van der Waals surface area contributed by atoms with Gasteiger partial charge in [-0.15, -0.1) is 0 Å². The molecule has 0 aromatic heterocycles. The fourth-order valence-corrected chi connectivity index (χ4v) is 1.26. The molecule has 0 aliphatic heterocycles. The topological polar surface area (TPSA) is 73.8 Å². The lowest BCUT2D eigenvalue weighted by molar-refractivity contribution is -0.261. The van der Waals surface area contributed by atoms with Crippen LogP contribution in [0.5, 0.6) is 0 Å². The third-order valence-electron chi connectivity index (χ3n) is 2.22. The molecule has 0 saturated heterocycles. The summed E-state index contributed by atoms with van der Waals surface area (Å²) in [5.41, 5.74) is 0. The van der Waals surface area contributed by atoms with Gasteiger partial charge in [-0.05, 0) is 19.9 Å². The van der Waals surface area contributed by atoms with Gasteiger partial charge in [-0.2, -0.15) is 9.78 Å². The molecule has 0 bridgehead atoms. The predicted molar refractivity (Wildman–Crippen MR) is 82.1 cm³/mol. The van der Waals surface area contributed by atoms with E-state index in [2.05, 4.69) is 4.74 Å². The molecule has 0 saturated carbocycles. The third-order valence-corrected chi connectivity index (χ3v) is 2.22. The van der Waals surface area contributed by atoms with Crippen LogP contribution in [-0.4, -0.2) is 59.5 Å². The summed E-state index contributed by atoms with van der Waals surface area (Å²) in [4.78, 5) is 19.1. The maximum Gasteiger partial charge on any atom is 0.163 e. The monoisotopic (exact) mass is 336 g/mol. The molecule has 136 valence electrons. The molecule has 23 heavy (non-hydrogen) atoms. The van der Waals surface area contributed by atoms with E-state index in [0.29, 0.717) is 39.6 Å². The van der Waals surface area contributed by atoms with E-state index < -0.39 is 0 Å². The van der Waals surface area contributed by atoms with Gasteiger partial charge in [0.1, 0.15) is 31.8 Å². The molecule has 0 rings (SSSR count). The van der Waals surface area contributed by atoms with Crippen LogP contribution in [0.3, 0.4) is 0 Å². The Hall–Kier alpha value is -1.32. The zero-order valence-corrected chi connectivity index (χ0v) is 14.1. The molecule has 8 heteroatoms. The van der Waals surface area contributed by atoms with Crippen LogP contribution in [0.25, 0.3) is 0 Å². The van der Waals surface area contributed by atoms with Crippen LogP contribution in [0.4, 0.5) is 0 Å². The van der Waals surface area contributed by atoms with Crippen LogP contribution < -0.4 is 0 Å². The van der Waals surface area contributed by atoms with Crippen molar-refractivity contribution in [2.75, 3.05) is 53.4 Å². The highest BCUT2D eigenvalue weighted by Crippen LogP contribution is 1.97. The van der Waals surface area contributed by atoms with Gasteiger partial charge in [0.25, 0.3) is 0 Å². The van der Waals surface area contributed by atoms with E-state index in [1.54, 1.807) is 6.08 Å². The molecule has 0 amide bonds. The first-order valence-electron chi connectivity index (χ1n) is 7.47. The van der Waals surface area contributed by atoms with Gasteiger partial charge < -0.3 is 28.7 Å². The Labute approximate surface area is 137 Å².